The molecule has 0 aliphatic heterocycles. The van der Waals surface area contributed by atoms with E-state index < -0.39 is 0 Å². The minimum atomic E-state index is -0.0725. The Labute approximate surface area is 98.1 Å². The molecule has 0 amide bonds. The lowest BCUT2D eigenvalue weighted by atomic mass is 10.2. The summed E-state index contributed by atoms with van der Waals surface area (Å²) in [5, 5.41) is 18.1. The van der Waals surface area contributed by atoms with Gasteiger partial charge in [-0.15, -0.1) is 0 Å². The summed E-state index contributed by atoms with van der Waals surface area (Å²) < 4.78 is 5.19. The predicted octanol–water partition coefficient (Wildman–Crippen LogP) is 2.36. The molecule has 0 saturated heterocycles. The Morgan fingerprint density at radius 2 is 1.94 bits per heavy atom. The van der Waals surface area contributed by atoms with Crippen LogP contribution < -0.4 is 5.32 Å². The first-order valence-electron chi connectivity index (χ1n) is 5.76. The topological polar surface area (TPSA) is 69.0 Å². The molecule has 4 heteroatoms. The van der Waals surface area contributed by atoms with Crippen molar-refractivity contribution in [1.82, 2.24) is 5.32 Å². The standard InChI is InChI=1S/C12H23N3O/c1-4-5-6-7-8-16-12(14)11(13)10(2)9-15-3/h13-15H,2,4-9H2,1,3H3. The van der Waals surface area contributed by atoms with Gasteiger partial charge in [0.15, 0.2) is 0 Å². The van der Waals surface area contributed by atoms with Crippen LogP contribution in [0.5, 0.6) is 0 Å². The van der Waals surface area contributed by atoms with Crippen LogP contribution in [0.1, 0.15) is 32.6 Å². The summed E-state index contributed by atoms with van der Waals surface area (Å²) in [5.41, 5.74) is 0.672. The average molecular weight is 225 g/mol. The third-order valence-corrected chi connectivity index (χ3v) is 2.22. The van der Waals surface area contributed by atoms with Gasteiger partial charge < -0.3 is 10.1 Å². The summed E-state index contributed by atoms with van der Waals surface area (Å²) >= 11 is 0. The Morgan fingerprint density at radius 1 is 1.25 bits per heavy atom. The summed E-state index contributed by atoms with van der Waals surface area (Å²) in [7, 11) is 1.79. The molecule has 16 heavy (non-hydrogen) atoms. The van der Waals surface area contributed by atoms with E-state index in [9.17, 15) is 0 Å². The van der Waals surface area contributed by atoms with Crippen molar-refractivity contribution >= 4 is 11.6 Å². The SMILES string of the molecule is C=C(CNC)C(=N)C(=N)OCCCCCC. The molecule has 0 atom stereocenters. The highest BCUT2D eigenvalue weighted by Gasteiger charge is 2.09. The van der Waals surface area contributed by atoms with E-state index >= 15 is 0 Å². The quantitative estimate of drug-likeness (QED) is 0.320. The molecule has 0 radical (unpaired) electrons. The van der Waals surface area contributed by atoms with Gasteiger partial charge >= 0.3 is 0 Å². The second kappa shape index (κ2) is 9.09. The van der Waals surface area contributed by atoms with Crippen molar-refractivity contribution in [1.29, 1.82) is 10.8 Å². The zero-order valence-corrected chi connectivity index (χ0v) is 10.4. The van der Waals surface area contributed by atoms with Crippen molar-refractivity contribution in [3.05, 3.63) is 12.2 Å². The number of hydrogen-bond donors (Lipinski definition) is 3. The van der Waals surface area contributed by atoms with Crippen molar-refractivity contribution in [3.63, 3.8) is 0 Å². The Morgan fingerprint density at radius 3 is 2.50 bits per heavy atom. The fourth-order valence-electron chi connectivity index (χ4n) is 1.24. The van der Waals surface area contributed by atoms with Crippen LogP contribution in [0, 0.1) is 10.8 Å². The van der Waals surface area contributed by atoms with Gasteiger partial charge in [0, 0.05) is 6.54 Å². The summed E-state index contributed by atoms with van der Waals surface area (Å²) in [6.07, 6.45) is 4.45. The molecule has 0 aromatic rings. The minimum Gasteiger partial charge on any atom is -0.477 e. The summed E-state index contributed by atoms with van der Waals surface area (Å²) in [4.78, 5) is 0. The van der Waals surface area contributed by atoms with Crippen LogP contribution in [0.25, 0.3) is 0 Å². The second-order valence-electron chi connectivity index (χ2n) is 3.75. The molecule has 0 fully saturated rings. The molecule has 92 valence electrons. The maximum Gasteiger partial charge on any atom is 0.232 e. The molecule has 0 unspecified atom stereocenters. The van der Waals surface area contributed by atoms with Crippen LogP contribution in [0.2, 0.25) is 0 Å². The number of unbranched alkanes of at least 4 members (excludes halogenated alkanes) is 3. The Hall–Kier alpha value is -1.16. The fraction of sp³-hybridized carbons (Fsp3) is 0.667. The van der Waals surface area contributed by atoms with E-state index in [-0.39, 0.29) is 11.6 Å². The van der Waals surface area contributed by atoms with Crippen LogP contribution in [0.3, 0.4) is 0 Å². The molecule has 0 aliphatic rings. The van der Waals surface area contributed by atoms with Crippen molar-refractivity contribution in [3.8, 4) is 0 Å². The Balaban J connectivity index is 3.71. The first-order valence-corrected chi connectivity index (χ1v) is 5.76. The molecule has 0 aliphatic carbocycles. The maximum atomic E-state index is 7.63. The first kappa shape index (κ1) is 14.8. The number of nitrogens with one attached hydrogen (secondary N) is 3. The van der Waals surface area contributed by atoms with Crippen molar-refractivity contribution in [2.24, 2.45) is 0 Å². The van der Waals surface area contributed by atoms with E-state index in [0.29, 0.717) is 18.7 Å². The Kier molecular flexibility index (Phi) is 8.43. The van der Waals surface area contributed by atoms with Crippen molar-refractivity contribution < 1.29 is 4.74 Å². The molecule has 0 heterocycles. The maximum absolute atomic E-state index is 7.63. The van der Waals surface area contributed by atoms with E-state index in [1.807, 2.05) is 0 Å². The largest absolute Gasteiger partial charge is 0.477 e. The third kappa shape index (κ3) is 6.35. The highest BCUT2D eigenvalue weighted by Crippen LogP contribution is 2.01. The van der Waals surface area contributed by atoms with Gasteiger partial charge in [-0.05, 0) is 19.0 Å². The molecule has 0 spiro atoms. The summed E-state index contributed by atoms with van der Waals surface area (Å²) in [6.45, 7) is 6.90. The lowest BCUT2D eigenvalue weighted by Crippen LogP contribution is -2.23. The van der Waals surface area contributed by atoms with Gasteiger partial charge in [0.1, 0.15) is 5.71 Å². The molecule has 4 nitrogen and oxygen atoms in total. The van der Waals surface area contributed by atoms with E-state index in [1.165, 1.54) is 12.8 Å². The number of rotatable bonds is 9. The predicted molar refractivity (Wildman–Crippen MR) is 68.6 cm³/mol. The third-order valence-electron chi connectivity index (χ3n) is 2.22. The van der Waals surface area contributed by atoms with Gasteiger partial charge in [-0.3, -0.25) is 10.8 Å². The molecule has 0 saturated carbocycles. The van der Waals surface area contributed by atoms with Gasteiger partial charge in [-0.2, -0.15) is 0 Å². The fourth-order valence-corrected chi connectivity index (χ4v) is 1.24. The smallest absolute Gasteiger partial charge is 0.232 e. The molecule has 0 aromatic heterocycles. The van der Waals surface area contributed by atoms with E-state index in [0.717, 1.165) is 12.8 Å². The number of ether oxygens (including phenoxy) is 1. The molecule has 0 aromatic carbocycles. The minimum absolute atomic E-state index is 0.0725. The van der Waals surface area contributed by atoms with Crippen molar-refractivity contribution in [2.45, 2.75) is 32.6 Å². The monoisotopic (exact) mass is 225 g/mol. The van der Waals surface area contributed by atoms with Gasteiger partial charge in [-0.25, -0.2) is 0 Å². The van der Waals surface area contributed by atoms with Crippen LogP contribution in [-0.2, 0) is 4.74 Å². The highest BCUT2D eigenvalue weighted by molar-refractivity contribution is 6.43. The molecular weight excluding hydrogens is 202 g/mol. The van der Waals surface area contributed by atoms with Gasteiger partial charge in [-0.1, -0.05) is 32.8 Å². The first-order chi connectivity index (χ1) is 7.63. The van der Waals surface area contributed by atoms with Gasteiger partial charge in [0.25, 0.3) is 0 Å². The van der Waals surface area contributed by atoms with Crippen molar-refractivity contribution in [2.75, 3.05) is 20.2 Å². The lowest BCUT2D eigenvalue weighted by molar-refractivity contribution is 0.295. The summed E-state index contributed by atoms with van der Waals surface area (Å²) in [5.74, 6) is -0.0725. The van der Waals surface area contributed by atoms with E-state index in [4.69, 9.17) is 15.6 Å². The molecule has 0 bridgehead atoms. The number of likely N-dealkylation sites (N-methyl/N-ethyl adjacent to an activating group) is 1. The highest BCUT2D eigenvalue weighted by atomic mass is 16.5. The second-order valence-corrected chi connectivity index (χ2v) is 3.75. The van der Waals surface area contributed by atoms with Crippen LogP contribution in [0.15, 0.2) is 12.2 Å². The zero-order chi connectivity index (χ0) is 12.4. The molecule has 3 N–H and O–H groups in total. The molecule has 0 rings (SSSR count). The number of hydrogen-bond acceptors (Lipinski definition) is 4. The van der Waals surface area contributed by atoms with Gasteiger partial charge in [0.2, 0.25) is 5.90 Å². The van der Waals surface area contributed by atoms with Crippen LogP contribution >= 0.6 is 0 Å². The average Bonchev–Trinajstić information content (AvgIpc) is 2.27. The normalized spacial score (nSPS) is 9.88. The van der Waals surface area contributed by atoms with Crippen LogP contribution in [-0.4, -0.2) is 31.8 Å². The van der Waals surface area contributed by atoms with E-state index in [2.05, 4.69) is 18.8 Å². The van der Waals surface area contributed by atoms with Crippen LogP contribution in [0.4, 0.5) is 0 Å². The van der Waals surface area contributed by atoms with Gasteiger partial charge in [0.05, 0.1) is 6.61 Å². The molecular formula is C12H23N3O. The lowest BCUT2D eigenvalue weighted by Gasteiger charge is -2.10. The Bertz CT molecular complexity index is 249. The zero-order valence-electron chi connectivity index (χ0n) is 10.4. The van der Waals surface area contributed by atoms with E-state index in [1.54, 1.807) is 7.05 Å². The summed E-state index contributed by atoms with van der Waals surface area (Å²) in [6, 6.07) is 0.